The number of carbonyl (C=O) groups excluding carboxylic acids is 1. The molecule has 30 heavy (non-hydrogen) atoms. The van der Waals surface area contributed by atoms with Gasteiger partial charge in [-0.15, -0.1) is 0 Å². The van der Waals surface area contributed by atoms with Crippen molar-refractivity contribution < 1.29 is 19.4 Å². The molecule has 0 spiro atoms. The van der Waals surface area contributed by atoms with Crippen molar-refractivity contribution in [3.63, 3.8) is 0 Å². The molecule has 1 fully saturated rings. The van der Waals surface area contributed by atoms with Gasteiger partial charge < -0.3 is 24.4 Å². The second kappa shape index (κ2) is 9.26. The number of aliphatic hydroxyl groups is 1. The lowest BCUT2D eigenvalue weighted by atomic mass is 10.2. The number of aromatic nitrogens is 2. The zero-order valence-electron chi connectivity index (χ0n) is 17.9. The van der Waals surface area contributed by atoms with Gasteiger partial charge in [0.1, 0.15) is 23.7 Å². The molecule has 3 rings (SSSR count). The van der Waals surface area contributed by atoms with Crippen molar-refractivity contribution in [1.82, 2.24) is 14.7 Å². The first-order valence-electron chi connectivity index (χ1n) is 9.95. The fraction of sp³-hybridized carbons (Fsp3) is 0.524. The summed E-state index contributed by atoms with van der Waals surface area (Å²) >= 11 is 3.46. The molecule has 1 aliphatic rings. The van der Waals surface area contributed by atoms with Crippen LogP contribution < -0.4 is 9.64 Å². The molecule has 1 aromatic heterocycles. The Hall–Kier alpha value is -2.26. The van der Waals surface area contributed by atoms with E-state index in [0.717, 1.165) is 40.4 Å². The third kappa shape index (κ3) is 5.46. The van der Waals surface area contributed by atoms with E-state index in [2.05, 4.69) is 25.9 Å². The zero-order valence-corrected chi connectivity index (χ0v) is 19.5. The number of halogens is 1. The van der Waals surface area contributed by atoms with Gasteiger partial charge in [-0.05, 0) is 61.0 Å². The summed E-state index contributed by atoms with van der Waals surface area (Å²) in [5, 5.41) is 13.7. The maximum Gasteiger partial charge on any atom is 0.410 e. The lowest BCUT2D eigenvalue weighted by Crippen LogP contribution is -2.50. The molecular weight excluding hydrogens is 452 g/mol. The smallest absolute Gasteiger partial charge is 0.410 e. The highest BCUT2D eigenvalue weighted by Crippen LogP contribution is 2.25. The van der Waals surface area contributed by atoms with Crippen LogP contribution in [0.5, 0.6) is 5.75 Å². The lowest BCUT2D eigenvalue weighted by molar-refractivity contribution is 0.0240. The van der Waals surface area contributed by atoms with E-state index < -0.39 is 5.60 Å². The third-order valence-electron chi connectivity index (χ3n) is 4.83. The van der Waals surface area contributed by atoms with Crippen LogP contribution in [0.3, 0.4) is 0 Å². The number of anilines is 1. The monoisotopic (exact) mass is 480 g/mol. The lowest BCUT2D eigenvalue weighted by Gasteiger charge is -2.36. The van der Waals surface area contributed by atoms with E-state index in [1.54, 1.807) is 16.6 Å². The maximum atomic E-state index is 12.2. The van der Waals surface area contributed by atoms with E-state index >= 15 is 0 Å². The second-order valence-electron chi connectivity index (χ2n) is 8.23. The topological polar surface area (TPSA) is 80.1 Å². The molecule has 1 amide bonds. The van der Waals surface area contributed by atoms with E-state index in [-0.39, 0.29) is 12.7 Å². The Labute approximate surface area is 185 Å². The Morgan fingerprint density at radius 3 is 2.33 bits per heavy atom. The maximum absolute atomic E-state index is 12.2. The number of rotatable bonds is 5. The SMILES string of the molecule is Cn1nc(COc2ccc(N3CCN(C(=O)OC(C)(C)C)CC3)cc2)c(Br)c1CO. The minimum atomic E-state index is -0.478. The highest BCUT2D eigenvalue weighted by molar-refractivity contribution is 9.10. The predicted octanol–water partition coefficient (Wildman–Crippen LogP) is 3.31. The number of aliphatic hydroxyl groups excluding tert-OH is 1. The van der Waals surface area contributed by atoms with E-state index in [9.17, 15) is 9.90 Å². The quantitative estimate of drug-likeness (QED) is 0.706. The highest BCUT2D eigenvalue weighted by Gasteiger charge is 2.26. The van der Waals surface area contributed by atoms with Crippen LogP contribution in [0.25, 0.3) is 0 Å². The molecule has 0 aliphatic carbocycles. The van der Waals surface area contributed by atoms with Gasteiger partial charge in [0.2, 0.25) is 0 Å². The minimum absolute atomic E-state index is 0.0834. The molecule has 2 aromatic rings. The van der Waals surface area contributed by atoms with Gasteiger partial charge >= 0.3 is 6.09 Å². The van der Waals surface area contributed by atoms with Gasteiger partial charge in [0.15, 0.2) is 0 Å². The standard InChI is InChI=1S/C21H29BrN4O4/c1-21(2,3)30-20(28)26-11-9-25(10-12-26)15-5-7-16(8-6-15)29-14-17-19(22)18(13-27)24(4)23-17/h5-8,27H,9-14H2,1-4H3. The van der Waals surface area contributed by atoms with Gasteiger partial charge in [0.25, 0.3) is 0 Å². The van der Waals surface area contributed by atoms with Gasteiger partial charge in [-0.2, -0.15) is 5.10 Å². The second-order valence-corrected chi connectivity index (χ2v) is 9.02. The van der Waals surface area contributed by atoms with Gasteiger partial charge in [-0.25, -0.2) is 4.79 Å². The van der Waals surface area contributed by atoms with Crippen LogP contribution >= 0.6 is 15.9 Å². The van der Waals surface area contributed by atoms with Crippen LogP contribution in [0.2, 0.25) is 0 Å². The van der Waals surface area contributed by atoms with Crippen molar-refractivity contribution >= 4 is 27.7 Å². The summed E-state index contributed by atoms with van der Waals surface area (Å²) in [6.45, 7) is 8.63. The number of ether oxygens (including phenoxy) is 2. The first kappa shape index (κ1) is 22.4. The molecule has 1 aliphatic heterocycles. The molecule has 2 heterocycles. The fourth-order valence-electron chi connectivity index (χ4n) is 3.24. The van der Waals surface area contributed by atoms with Crippen LogP contribution in [0, 0.1) is 0 Å². The van der Waals surface area contributed by atoms with E-state index in [1.165, 1.54) is 0 Å². The molecule has 0 atom stereocenters. The Balaban J connectivity index is 1.52. The van der Waals surface area contributed by atoms with Crippen LogP contribution in [0.1, 0.15) is 32.2 Å². The van der Waals surface area contributed by atoms with Crippen LogP contribution in [0.4, 0.5) is 10.5 Å². The number of carbonyl (C=O) groups is 1. The van der Waals surface area contributed by atoms with E-state index in [1.807, 2.05) is 45.0 Å². The minimum Gasteiger partial charge on any atom is -0.487 e. The van der Waals surface area contributed by atoms with Crippen molar-refractivity contribution in [2.75, 3.05) is 31.1 Å². The number of amides is 1. The normalized spacial score (nSPS) is 14.7. The molecule has 9 heteroatoms. The molecule has 164 valence electrons. The summed E-state index contributed by atoms with van der Waals surface area (Å²) in [7, 11) is 1.79. The van der Waals surface area contributed by atoms with Crippen molar-refractivity contribution in [1.29, 1.82) is 0 Å². The van der Waals surface area contributed by atoms with Crippen LogP contribution in [0.15, 0.2) is 28.7 Å². The molecule has 1 N–H and O–H groups in total. The number of aryl methyl sites for hydroxylation is 1. The molecule has 0 radical (unpaired) electrons. The molecule has 0 saturated carbocycles. The van der Waals surface area contributed by atoms with Crippen molar-refractivity contribution in [2.45, 2.75) is 39.6 Å². The molecular formula is C21H29BrN4O4. The molecule has 0 bridgehead atoms. The Morgan fingerprint density at radius 1 is 1.17 bits per heavy atom. The highest BCUT2D eigenvalue weighted by atomic mass is 79.9. The predicted molar refractivity (Wildman–Crippen MR) is 118 cm³/mol. The number of hydrogen-bond donors (Lipinski definition) is 1. The Bertz CT molecular complexity index is 868. The molecule has 1 aromatic carbocycles. The summed E-state index contributed by atoms with van der Waals surface area (Å²) in [5.74, 6) is 0.745. The molecule has 0 unspecified atom stereocenters. The number of piperazine rings is 1. The zero-order chi connectivity index (χ0) is 21.9. The van der Waals surface area contributed by atoms with Gasteiger partial charge in [0.05, 0.1) is 16.8 Å². The van der Waals surface area contributed by atoms with E-state index in [0.29, 0.717) is 19.7 Å². The fourth-order valence-corrected chi connectivity index (χ4v) is 3.81. The summed E-state index contributed by atoms with van der Waals surface area (Å²) in [6, 6.07) is 7.90. The average molecular weight is 481 g/mol. The Kier molecular flexibility index (Phi) is 6.92. The average Bonchev–Trinajstić information content (AvgIpc) is 2.98. The molecule has 8 nitrogen and oxygen atoms in total. The summed E-state index contributed by atoms with van der Waals surface area (Å²) in [6.07, 6.45) is -0.254. The summed E-state index contributed by atoms with van der Waals surface area (Å²) < 4.78 is 13.7. The van der Waals surface area contributed by atoms with Crippen molar-refractivity contribution in [3.05, 3.63) is 40.1 Å². The first-order valence-corrected chi connectivity index (χ1v) is 10.7. The third-order valence-corrected chi connectivity index (χ3v) is 5.74. The van der Waals surface area contributed by atoms with Gasteiger partial charge in [-0.3, -0.25) is 4.68 Å². The summed E-state index contributed by atoms with van der Waals surface area (Å²) in [5.41, 5.74) is 2.07. The largest absolute Gasteiger partial charge is 0.487 e. The van der Waals surface area contributed by atoms with Crippen molar-refractivity contribution in [2.24, 2.45) is 7.05 Å². The summed E-state index contributed by atoms with van der Waals surface area (Å²) in [4.78, 5) is 16.2. The number of nitrogens with zero attached hydrogens (tertiary/aromatic N) is 4. The van der Waals surface area contributed by atoms with Crippen LogP contribution in [-0.2, 0) is 25.0 Å². The number of hydrogen-bond acceptors (Lipinski definition) is 6. The first-order chi connectivity index (χ1) is 14.2. The Morgan fingerprint density at radius 2 is 1.80 bits per heavy atom. The van der Waals surface area contributed by atoms with E-state index in [4.69, 9.17) is 9.47 Å². The van der Waals surface area contributed by atoms with Crippen LogP contribution in [-0.4, -0.2) is 57.7 Å². The number of benzene rings is 1. The van der Waals surface area contributed by atoms with Gasteiger partial charge in [-0.1, -0.05) is 0 Å². The van der Waals surface area contributed by atoms with Crippen molar-refractivity contribution in [3.8, 4) is 5.75 Å². The van der Waals surface area contributed by atoms with Gasteiger partial charge in [0, 0.05) is 38.9 Å². The molecule has 1 saturated heterocycles.